The summed E-state index contributed by atoms with van der Waals surface area (Å²) in [7, 11) is 0. The minimum absolute atomic E-state index is 0.427. The third-order valence-corrected chi connectivity index (χ3v) is 22.4. The molecule has 0 aromatic carbocycles. The zero-order valence-corrected chi connectivity index (χ0v) is 64.1. The van der Waals surface area contributed by atoms with Crippen LogP contribution in [0, 0.1) is 5.92 Å². The van der Waals surface area contributed by atoms with Crippen LogP contribution in [0.2, 0.25) is 0 Å². The zero-order valence-electron chi connectivity index (χ0n) is 64.1. The van der Waals surface area contributed by atoms with Gasteiger partial charge in [-0.25, -0.2) is 0 Å². The topological polar surface area (TPSA) is 820 Å². The second-order valence-corrected chi connectivity index (χ2v) is 30.9. The number of carbonyl (C=O) groups excluding carboxylic acids is 2. The first-order chi connectivity index (χ1) is 56.3. The molecule has 0 spiro atoms. The predicted molar refractivity (Wildman–Crippen MR) is 366 cm³/mol. The maximum absolute atomic E-state index is 13.1. The standard InChI is InChI=1S/C67H114N2O50/c1-15(2)51-28(68-16(3)78)38(88)52(24(11-76)103-51)113-59-29(69-17(4)79)39(89)53(25(12-77)110-59)114-64-50(100)55(116-66-58(45(95)35(85)22(9-74)108-66)119-67-57(44(94)34(84)23(10-75)109-67)118-63-48(98)42(92)32(82)20(7-72)106-63)37(87)27(112-64)14-102-61-49(99)54(36(86)26(111-61)13-101-60-46(96)40(90)30(80)18(5-70)104-60)115-65-56(43(93)33(83)21(8-73)107-65)117-62-47(97)41(91)31(81)19(6-71)105-62/h15,18-67,70-77,80-100H,5-14H2,1-4H3,(H,68,78)(H,69,79)/t18?,19-,20-,21-,22-,23-,24?,25?,26?,27?,28-,29-,30+,31+,32+,33+,34+,35+,36+,37+,38+,39+,40-,41?,42?,43?,44?,45?,46+,47?,48?,49+,50+,51?,52+,53+,54-,55-,56?,57?,58?,59?,60?,61?,62?,63?,64?,65?,66?,67?/m0/s1. The highest BCUT2D eigenvalue weighted by Gasteiger charge is 2.62. The van der Waals surface area contributed by atoms with Crippen LogP contribution in [0.3, 0.4) is 0 Å². The summed E-state index contributed by atoms with van der Waals surface area (Å²) in [5.41, 5.74) is 0. The lowest BCUT2D eigenvalue weighted by molar-refractivity contribution is -0.408. The van der Waals surface area contributed by atoms with Crippen molar-refractivity contribution in [3.05, 3.63) is 0 Å². The zero-order chi connectivity index (χ0) is 87.5. The number of aliphatic hydroxyl groups is 29. The Kier molecular flexibility index (Phi) is 35.3. The van der Waals surface area contributed by atoms with Gasteiger partial charge < -0.3 is 249 Å². The SMILES string of the molecule is CC(=O)N[C@@H]1C(O[C@@H]2C(CO)OC(C(C)C)[C@@H](NC(C)=O)[C@H]2O)OC(CO)[C@@H](OC2OC(COC3OC(COC4OC(CO)[C@@H](O)[C@H](O)[C@H]4O)[C@@H](O)[C@H](OC4O[C@@H](CO)[C@@H](O)C(O)C4OC4O[C@@H](CO)[C@@H](O)C(O)C4O)[C@H]3O)[C@@H](O)[C@H](OC3O[C@@H](CO)[C@@H](O)C(O)C3OC3O[C@@H](CO)[C@@H](O)C(O)C3OC3O[C@@H](CO)[C@@H](O)C(O)C3O)[C@H]2O)[C@@H]1O. The van der Waals surface area contributed by atoms with Crippen LogP contribution in [0.15, 0.2) is 0 Å². The quantitative estimate of drug-likeness (QED) is 0.0306. The van der Waals surface area contributed by atoms with Gasteiger partial charge in [-0.05, 0) is 5.92 Å². The number of amides is 2. The summed E-state index contributed by atoms with van der Waals surface area (Å²) in [6, 6.07) is -3.15. The van der Waals surface area contributed by atoms with Gasteiger partial charge in [0.15, 0.2) is 56.6 Å². The fourth-order valence-corrected chi connectivity index (χ4v) is 15.6. The van der Waals surface area contributed by atoms with E-state index in [0.29, 0.717) is 0 Å². The molecule has 50 atom stereocenters. The molecule has 10 heterocycles. The maximum Gasteiger partial charge on any atom is 0.217 e. The number of hydrogen-bond acceptors (Lipinski definition) is 50. The van der Waals surface area contributed by atoms with Crippen molar-refractivity contribution in [1.29, 1.82) is 0 Å². The van der Waals surface area contributed by atoms with E-state index in [2.05, 4.69) is 10.6 Å². The van der Waals surface area contributed by atoms with Gasteiger partial charge in [0, 0.05) is 13.8 Å². The van der Waals surface area contributed by atoms with E-state index in [1.807, 2.05) is 0 Å². The summed E-state index contributed by atoms with van der Waals surface area (Å²) in [5, 5.41) is 328. The molecule has 0 aromatic heterocycles. The molecule has 25 unspecified atom stereocenters. The first kappa shape index (κ1) is 98.2. The van der Waals surface area contributed by atoms with E-state index in [0.717, 1.165) is 13.8 Å². The van der Waals surface area contributed by atoms with Crippen LogP contribution in [0.1, 0.15) is 27.7 Å². The van der Waals surface area contributed by atoms with Crippen LogP contribution in [0.5, 0.6) is 0 Å². The number of nitrogens with one attached hydrogen (secondary N) is 2. The van der Waals surface area contributed by atoms with E-state index in [1.54, 1.807) is 13.8 Å². The molecule has 10 fully saturated rings. The molecule has 119 heavy (non-hydrogen) atoms. The normalized spacial score (nSPS) is 50.8. The molecule has 0 aliphatic carbocycles. The van der Waals surface area contributed by atoms with Crippen LogP contribution >= 0.6 is 0 Å². The molecule has 0 saturated carbocycles. The van der Waals surface area contributed by atoms with Gasteiger partial charge >= 0.3 is 0 Å². The summed E-state index contributed by atoms with van der Waals surface area (Å²) in [6.07, 6.45) is -102. The van der Waals surface area contributed by atoms with Crippen LogP contribution < -0.4 is 10.6 Å². The van der Waals surface area contributed by atoms with Crippen molar-refractivity contribution in [3.63, 3.8) is 0 Å². The minimum atomic E-state index is -2.62. The van der Waals surface area contributed by atoms with E-state index >= 15 is 0 Å². The molecule has 0 aromatic rings. The molecule has 10 rings (SSSR count). The molecular weight excluding hydrogens is 1630 g/mol. The summed E-state index contributed by atoms with van der Waals surface area (Å²) in [6.45, 7) is -5.50. The van der Waals surface area contributed by atoms with E-state index < -0.39 is 391 Å². The number of hydrogen-bond donors (Lipinski definition) is 31. The fourth-order valence-electron chi connectivity index (χ4n) is 15.6. The van der Waals surface area contributed by atoms with Crippen LogP contribution in [-0.2, 0) is 99.6 Å². The Labute approximate surface area is 674 Å². The van der Waals surface area contributed by atoms with Crippen LogP contribution in [0.25, 0.3) is 0 Å². The molecule has 52 heteroatoms. The second kappa shape index (κ2) is 42.8. The lowest BCUT2D eigenvalue weighted by Crippen LogP contribution is -2.71. The van der Waals surface area contributed by atoms with E-state index in [-0.39, 0.29) is 0 Å². The van der Waals surface area contributed by atoms with E-state index in [9.17, 15) is 158 Å². The Morgan fingerprint density at radius 1 is 0.244 bits per heavy atom. The summed E-state index contributed by atoms with van der Waals surface area (Å²) in [5.74, 6) is -2.00. The van der Waals surface area contributed by atoms with Crippen molar-refractivity contribution in [2.75, 3.05) is 66.1 Å². The van der Waals surface area contributed by atoms with E-state index in [4.69, 9.17) is 90.0 Å². The van der Waals surface area contributed by atoms with Crippen molar-refractivity contribution in [3.8, 4) is 0 Å². The lowest BCUT2D eigenvalue weighted by atomic mass is 9.87. The number of carbonyl (C=O) groups is 2. The van der Waals surface area contributed by atoms with Gasteiger partial charge in [0.05, 0.1) is 78.2 Å². The molecule has 0 radical (unpaired) electrons. The van der Waals surface area contributed by atoms with Crippen LogP contribution in [-0.4, -0.2) is 533 Å². The third kappa shape index (κ3) is 21.2. The Balaban J connectivity index is 1.01. The average Bonchev–Trinajstić information content (AvgIpc) is 0.765. The van der Waals surface area contributed by atoms with Gasteiger partial charge in [-0.1, -0.05) is 13.8 Å². The molecule has 692 valence electrons. The molecule has 10 aliphatic rings. The van der Waals surface area contributed by atoms with Gasteiger partial charge in [-0.15, -0.1) is 0 Å². The van der Waals surface area contributed by atoms with Crippen molar-refractivity contribution >= 4 is 11.8 Å². The Hall–Kier alpha value is -2.98. The van der Waals surface area contributed by atoms with Gasteiger partial charge in [-0.3, -0.25) is 9.59 Å². The molecular formula is C67H114N2O50. The number of aliphatic hydroxyl groups excluding tert-OH is 29. The monoisotopic (exact) mass is 1750 g/mol. The molecule has 2 amide bonds. The highest BCUT2D eigenvalue weighted by molar-refractivity contribution is 5.73. The van der Waals surface area contributed by atoms with Crippen molar-refractivity contribution in [2.24, 2.45) is 5.92 Å². The molecule has 10 aliphatic heterocycles. The Morgan fingerprint density at radius 2 is 0.487 bits per heavy atom. The van der Waals surface area contributed by atoms with Gasteiger partial charge in [-0.2, -0.15) is 0 Å². The first-order valence-corrected chi connectivity index (χ1v) is 38.4. The molecule has 31 N–H and O–H groups in total. The van der Waals surface area contributed by atoms with Gasteiger partial charge in [0.1, 0.15) is 238 Å². The smallest absolute Gasteiger partial charge is 0.217 e. The summed E-state index contributed by atoms with van der Waals surface area (Å²) >= 11 is 0. The Bertz CT molecular complexity index is 3100. The van der Waals surface area contributed by atoms with E-state index in [1.165, 1.54) is 0 Å². The highest BCUT2D eigenvalue weighted by atomic mass is 16.8. The molecule has 10 saturated heterocycles. The molecule has 0 bridgehead atoms. The first-order valence-electron chi connectivity index (χ1n) is 38.4. The molecule has 52 nitrogen and oxygen atoms in total. The van der Waals surface area contributed by atoms with Crippen molar-refractivity contribution in [1.82, 2.24) is 10.6 Å². The fraction of sp³-hybridized carbons (Fsp3) is 0.970. The second-order valence-electron chi connectivity index (χ2n) is 30.9. The number of rotatable bonds is 31. The van der Waals surface area contributed by atoms with Crippen molar-refractivity contribution < 1.29 is 248 Å². The summed E-state index contributed by atoms with van der Waals surface area (Å²) in [4.78, 5) is 25.7. The maximum atomic E-state index is 13.1. The van der Waals surface area contributed by atoms with Crippen molar-refractivity contribution in [2.45, 2.75) is 334 Å². The Morgan fingerprint density at radius 3 is 0.849 bits per heavy atom. The largest absolute Gasteiger partial charge is 0.394 e. The summed E-state index contributed by atoms with van der Waals surface area (Å²) < 4.78 is 113. The average molecular weight is 1750 g/mol. The number of ether oxygens (including phenoxy) is 19. The predicted octanol–water partition coefficient (Wildman–Crippen LogP) is -20.8. The van der Waals surface area contributed by atoms with Crippen LogP contribution in [0.4, 0.5) is 0 Å². The lowest BCUT2D eigenvalue weighted by Gasteiger charge is -2.51. The minimum Gasteiger partial charge on any atom is -0.394 e. The third-order valence-electron chi connectivity index (χ3n) is 22.4. The van der Waals surface area contributed by atoms with Gasteiger partial charge in [0.2, 0.25) is 11.8 Å². The van der Waals surface area contributed by atoms with Gasteiger partial charge in [0.25, 0.3) is 0 Å². The highest BCUT2D eigenvalue weighted by Crippen LogP contribution is 2.41.